The van der Waals surface area contributed by atoms with Gasteiger partial charge in [0.1, 0.15) is 6.04 Å². The van der Waals surface area contributed by atoms with Crippen LogP contribution in [0, 0.1) is 11.3 Å². The number of amides is 2. The number of aliphatic carboxylic acids is 2. The molecule has 2 atom stereocenters. The molecule has 0 rings (SSSR count). The van der Waals surface area contributed by atoms with Gasteiger partial charge < -0.3 is 20.4 Å². The Bertz CT molecular complexity index is 376. The first-order chi connectivity index (χ1) is 8.29. The summed E-state index contributed by atoms with van der Waals surface area (Å²) in [7, 11) is 1.40. The smallest absolute Gasteiger partial charge is 0.326 e. The first-order valence-corrected chi connectivity index (χ1v) is 5.14. The molecule has 0 heterocycles. The molecule has 0 fully saturated rings. The van der Waals surface area contributed by atoms with E-state index in [9.17, 15) is 14.4 Å². The average molecular weight is 257 g/mol. The molecular formula is C10H15N3O5. The largest absolute Gasteiger partial charge is 0.481 e. The van der Waals surface area contributed by atoms with Gasteiger partial charge in [0.25, 0.3) is 0 Å². The zero-order chi connectivity index (χ0) is 14.3. The van der Waals surface area contributed by atoms with Gasteiger partial charge >= 0.3 is 18.0 Å². The van der Waals surface area contributed by atoms with Crippen LogP contribution in [0.2, 0.25) is 0 Å². The second kappa shape index (κ2) is 7.11. The van der Waals surface area contributed by atoms with Crippen molar-refractivity contribution in [2.45, 2.75) is 31.8 Å². The number of nitrogens with one attached hydrogen (secondary N) is 1. The molecule has 8 nitrogen and oxygen atoms in total. The number of urea groups is 1. The van der Waals surface area contributed by atoms with E-state index in [0.717, 1.165) is 4.90 Å². The lowest BCUT2D eigenvalue weighted by Crippen LogP contribution is -2.49. The fourth-order valence-corrected chi connectivity index (χ4v) is 1.09. The highest BCUT2D eigenvalue weighted by molar-refractivity contribution is 5.86. The van der Waals surface area contributed by atoms with Crippen molar-refractivity contribution in [3.05, 3.63) is 0 Å². The molecule has 0 saturated carbocycles. The van der Waals surface area contributed by atoms with Crippen LogP contribution in [-0.4, -0.2) is 52.2 Å². The molecule has 2 amide bonds. The molecule has 0 aliphatic carbocycles. The zero-order valence-electron chi connectivity index (χ0n) is 10.1. The SMILES string of the molecule is CC(CC#N)N(C)C(=O)NC(CC(=O)O)C(=O)O. The molecule has 8 heteroatoms. The van der Waals surface area contributed by atoms with Crippen LogP contribution in [0.1, 0.15) is 19.8 Å². The Hall–Kier alpha value is -2.30. The number of nitriles is 1. The summed E-state index contributed by atoms with van der Waals surface area (Å²) in [5.74, 6) is -2.75. The number of carboxylic acid groups (broad SMARTS) is 2. The molecule has 0 spiro atoms. The summed E-state index contributed by atoms with van der Waals surface area (Å²) in [4.78, 5) is 33.9. The van der Waals surface area contributed by atoms with E-state index in [4.69, 9.17) is 15.5 Å². The van der Waals surface area contributed by atoms with Crippen LogP contribution in [-0.2, 0) is 9.59 Å². The van der Waals surface area contributed by atoms with Gasteiger partial charge in [-0.05, 0) is 6.92 Å². The summed E-state index contributed by atoms with van der Waals surface area (Å²) in [6.07, 6.45) is -0.609. The summed E-state index contributed by atoms with van der Waals surface area (Å²) >= 11 is 0. The number of hydrogen-bond donors (Lipinski definition) is 3. The van der Waals surface area contributed by atoms with Gasteiger partial charge in [0, 0.05) is 13.1 Å². The van der Waals surface area contributed by atoms with E-state index in [2.05, 4.69) is 5.32 Å². The Labute approximate surface area is 104 Å². The minimum atomic E-state index is -1.49. The van der Waals surface area contributed by atoms with E-state index in [1.54, 1.807) is 6.92 Å². The lowest BCUT2D eigenvalue weighted by molar-refractivity contribution is -0.145. The van der Waals surface area contributed by atoms with Crippen molar-refractivity contribution in [1.82, 2.24) is 10.2 Å². The van der Waals surface area contributed by atoms with Crippen LogP contribution in [0.15, 0.2) is 0 Å². The molecule has 0 aromatic carbocycles. The summed E-state index contributed by atoms with van der Waals surface area (Å²) < 4.78 is 0. The third-order valence-electron chi connectivity index (χ3n) is 2.34. The van der Waals surface area contributed by atoms with Crippen LogP contribution < -0.4 is 5.32 Å². The molecule has 0 radical (unpaired) electrons. The van der Waals surface area contributed by atoms with Gasteiger partial charge in [0.15, 0.2) is 0 Å². The van der Waals surface area contributed by atoms with E-state index < -0.39 is 36.5 Å². The topological polar surface area (TPSA) is 131 Å². The Balaban J connectivity index is 4.55. The number of carbonyl (C=O) groups is 3. The minimum absolute atomic E-state index is 0.0978. The summed E-state index contributed by atoms with van der Waals surface area (Å²) in [5.41, 5.74) is 0. The fourth-order valence-electron chi connectivity index (χ4n) is 1.09. The number of carbonyl (C=O) groups excluding carboxylic acids is 1. The van der Waals surface area contributed by atoms with Crippen LogP contribution in [0.4, 0.5) is 4.79 Å². The third-order valence-corrected chi connectivity index (χ3v) is 2.34. The minimum Gasteiger partial charge on any atom is -0.481 e. The highest BCUT2D eigenvalue weighted by Crippen LogP contribution is 2.02. The number of hydrogen-bond acceptors (Lipinski definition) is 4. The lowest BCUT2D eigenvalue weighted by Gasteiger charge is -2.25. The van der Waals surface area contributed by atoms with Crippen molar-refractivity contribution in [1.29, 1.82) is 5.26 Å². The Morgan fingerprint density at radius 3 is 2.33 bits per heavy atom. The molecule has 100 valence electrons. The molecule has 0 aliphatic heterocycles. The Kier molecular flexibility index (Phi) is 6.20. The predicted molar refractivity (Wildman–Crippen MR) is 59.7 cm³/mol. The molecule has 0 aromatic heterocycles. The van der Waals surface area contributed by atoms with E-state index in [0.29, 0.717) is 0 Å². The summed E-state index contributed by atoms with van der Waals surface area (Å²) in [6.45, 7) is 1.62. The average Bonchev–Trinajstić information content (AvgIpc) is 2.26. The highest BCUT2D eigenvalue weighted by Gasteiger charge is 2.25. The maximum absolute atomic E-state index is 11.6. The maximum Gasteiger partial charge on any atom is 0.326 e. The van der Waals surface area contributed by atoms with Crippen molar-refractivity contribution in [2.75, 3.05) is 7.05 Å². The van der Waals surface area contributed by atoms with Crippen LogP contribution in [0.5, 0.6) is 0 Å². The quantitative estimate of drug-likeness (QED) is 0.606. The molecular weight excluding hydrogens is 242 g/mol. The lowest BCUT2D eigenvalue weighted by atomic mass is 10.2. The number of rotatable bonds is 6. The molecule has 0 bridgehead atoms. The van der Waals surface area contributed by atoms with Crippen molar-refractivity contribution in [3.63, 3.8) is 0 Å². The maximum atomic E-state index is 11.6. The standard InChI is InChI=1S/C10H15N3O5/c1-6(3-4-11)13(2)10(18)12-7(9(16)17)5-8(14)15/h6-7H,3,5H2,1-2H3,(H,12,18)(H,14,15)(H,16,17). The van der Waals surface area contributed by atoms with Gasteiger partial charge in [-0.25, -0.2) is 9.59 Å². The van der Waals surface area contributed by atoms with E-state index >= 15 is 0 Å². The summed E-state index contributed by atoms with van der Waals surface area (Å²) in [6, 6.07) is -0.739. The molecule has 3 N–H and O–H groups in total. The summed E-state index contributed by atoms with van der Waals surface area (Å²) in [5, 5.41) is 27.8. The molecule has 0 aliphatic rings. The monoisotopic (exact) mass is 257 g/mol. The second-order valence-electron chi connectivity index (χ2n) is 3.76. The van der Waals surface area contributed by atoms with E-state index in [-0.39, 0.29) is 6.42 Å². The molecule has 2 unspecified atom stereocenters. The van der Waals surface area contributed by atoms with Crippen LogP contribution in [0.3, 0.4) is 0 Å². The highest BCUT2D eigenvalue weighted by atomic mass is 16.4. The third kappa shape index (κ3) is 5.16. The van der Waals surface area contributed by atoms with Crippen molar-refractivity contribution in [3.8, 4) is 6.07 Å². The molecule has 18 heavy (non-hydrogen) atoms. The van der Waals surface area contributed by atoms with Gasteiger partial charge in [-0.1, -0.05) is 0 Å². The van der Waals surface area contributed by atoms with Gasteiger partial charge in [-0.2, -0.15) is 5.26 Å². The van der Waals surface area contributed by atoms with Crippen LogP contribution in [0.25, 0.3) is 0 Å². The van der Waals surface area contributed by atoms with Gasteiger partial charge in [0.2, 0.25) is 0 Å². The predicted octanol–water partition coefficient (Wildman–Crippen LogP) is -0.142. The van der Waals surface area contributed by atoms with Gasteiger partial charge in [0.05, 0.1) is 18.9 Å². The van der Waals surface area contributed by atoms with Crippen molar-refractivity contribution in [2.24, 2.45) is 0 Å². The molecule has 0 aromatic rings. The van der Waals surface area contributed by atoms with E-state index in [1.807, 2.05) is 6.07 Å². The van der Waals surface area contributed by atoms with Gasteiger partial charge in [-0.3, -0.25) is 4.79 Å². The number of nitrogens with zero attached hydrogens (tertiary/aromatic N) is 2. The second-order valence-corrected chi connectivity index (χ2v) is 3.76. The fraction of sp³-hybridized carbons (Fsp3) is 0.600. The first kappa shape index (κ1) is 15.7. The normalized spacial score (nSPS) is 12.9. The zero-order valence-corrected chi connectivity index (χ0v) is 10.1. The Morgan fingerprint density at radius 1 is 1.39 bits per heavy atom. The van der Waals surface area contributed by atoms with Gasteiger partial charge in [-0.15, -0.1) is 0 Å². The Morgan fingerprint density at radius 2 is 1.94 bits per heavy atom. The first-order valence-electron chi connectivity index (χ1n) is 5.14. The number of carboxylic acids is 2. The van der Waals surface area contributed by atoms with Crippen molar-refractivity contribution >= 4 is 18.0 Å². The molecule has 0 saturated heterocycles. The van der Waals surface area contributed by atoms with E-state index in [1.165, 1.54) is 7.05 Å². The van der Waals surface area contributed by atoms with Crippen molar-refractivity contribution < 1.29 is 24.6 Å². The van der Waals surface area contributed by atoms with Crippen LogP contribution >= 0.6 is 0 Å².